The monoisotopic (exact) mass is 246 g/mol. The highest BCUT2D eigenvalue weighted by Crippen LogP contribution is 2.17. The Balaban J connectivity index is 2.43. The fraction of sp³-hybridized carbons (Fsp3) is 0.231. The lowest BCUT2D eigenvalue weighted by molar-refractivity contribution is 0.610. The number of hydrogen-bond donors (Lipinski definition) is 1. The van der Waals surface area contributed by atoms with E-state index in [-0.39, 0.29) is 11.6 Å². The van der Waals surface area contributed by atoms with Crippen LogP contribution in [-0.2, 0) is 0 Å². The van der Waals surface area contributed by atoms with E-state index >= 15 is 0 Å². The average Bonchev–Trinajstić information content (AvgIpc) is 2.29. The molecule has 0 bridgehead atoms. The third-order valence-electron chi connectivity index (χ3n) is 2.83. The van der Waals surface area contributed by atoms with Gasteiger partial charge in [0.2, 0.25) is 0 Å². The molecule has 2 aromatic rings. The normalized spacial score (nSPS) is 12.4. The number of rotatable bonds is 2. The average molecular weight is 246 g/mol. The fourth-order valence-electron chi connectivity index (χ4n) is 1.74. The molecule has 1 aromatic heterocycles. The first kappa shape index (κ1) is 11.8. The first-order valence-corrected chi connectivity index (χ1v) is 5.87. The SMILES string of the molecule is Cc1ccc(C(C)n2ccc(=O)[nH]c2=S)cc1. The summed E-state index contributed by atoms with van der Waals surface area (Å²) < 4.78 is 2.33. The van der Waals surface area contributed by atoms with Crippen LogP contribution in [-0.4, -0.2) is 9.55 Å². The minimum Gasteiger partial charge on any atom is -0.318 e. The standard InChI is InChI=1S/C13H14N2OS/c1-9-3-5-11(6-4-9)10(2)15-8-7-12(16)14-13(15)17/h3-8,10H,1-2H3,(H,14,16,17). The van der Waals surface area contributed by atoms with E-state index in [1.165, 1.54) is 17.2 Å². The Morgan fingerprint density at radius 2 is 1.88 bits per heavy atom. The molecule has 1 atom stereocenters. The highest BCUT2D eigenvalue weighted by atomic mass is 32.1. The number of H-pyrrole nitrogens is 1. The third-order valence-corrected chi connectivity index (χ3v) is 3.14. The van der Waals surface area contributed by atoms with E-state index in [9.17, 15) is 4.79 Å². The van der Waals surface area contributed by atoms with Crippen LogP contribution in [0.1, 0.15) is 24.1 Å². The van der Waals surface area contributed by atoms with E-state index < -0.39 is 0 Å². The number of nitrogens with zero attached hydrogens (tertiary/aromatic N) is 1. The lowest BCUT2D eigenvalue weighted by Gasteiger charge is -2.16. The Morgan fingerprint density at radius 1 is 1.24 bits per heavy atom. The van der Waals surface area contributed by atoms with Crippen LogP contribution in [0.2, 0.25) is 0 Å². The van der Waals surface area contributed by atoms with Crippen LogP contribution >= 0.6 is 12.2 Å². The molecule has 0 saturated carbocycles. The van der Waals surface area contributed by atoms with E-state index in [4.69, 9.17) is 12.2 Å². The summed E-state index contributed by atoms with van der Waals surface area (Å²) in [4.78, 5) is 13.7. The van der Waals surface area contributed by atoms with Crippen molar-refractivity contribution in [1.82, 2.24) is 9.55 Å². The maximum atomic E-state index is 11.1. The van der Waals surface area contributed by atoms with Gasteiger partial charge in [0.05, 0.1) is 6.04 Å². The first-order chi connectivity index (χ1) is 8.08. The molecule has 4 heteroatoms. The second-order valence-corrected chi connectivity index (χ2v) is 4.49. The van der Waals surface area contributed by atoms with E-state index in [2.05, 4.69) is 43.1 Å². The number of nitrogens with one attached hydrogen (secondary N) is 1. The van der Waals surface area contributed by atoms with Crippen molar-refractivity contribution < 1.29 is 0 Å². The van der Waals surface area contributed by atoms with Crippen molar-refractivity contribution in [3.05, 3.63) is 62.8 Å². The van der Waals surface area contributed by atoms with Crippen molar-refractivity contribution in [2.45, 2.75) is 19.9 Å². The summed E-state index contributed by atoms with van der Waals surface area (Å²) in [5.41, 5.74) is 2.23. The van der Waals surface area contributed by atoms with Crippen LogP contribution < -0.4 is 5.56 Å². The largest absolute Gasteiger partial charge is 0.318 e. The van der Waals surface area contributed by atoms with E-state index in [0.717, 1.165) is 0 Å². The molecule has 88 valence electrons. The van der Waals surface area contributed by atoms with Gasteiger partial charge in [0, 0.05) is 12.3 Å². The molecular formula is C13H14N2OS. The molecule has 1 heterocycles. The van der Waals surface area contributed by atoms with Gasteiger partial charge in [-0.15, -0.1) is 0 Å². The second-order valence-electron chi connectivity index (χ2n) is 4.10. The van der Waals surface area contributed by atoms with Crippen molar-refractivity contribution >= 4 is 12.2 Å². The highest BCUT2D eigenvalue weighted by Gasteiger charge is 2.07. The number of aryl methyl sites for hydroxylation is 1. The van der Waals surface area contributed by atoms with Gasteiger partial charge in [-0.2, -0.15) is 0 Å². The minimum absolute atomic E-state index is 0.111. The molecular weight excluding hydrogens is 232 g/mol. The molecule has 0 aliphatic rings. The van der Waals surface area contributed by atoms with Gasteiger partial charge in [-0.25, -0.2) is 0 Å². The molecule has 17 heavy (non-hydrogen) atoms. The van der Waals surface area contributed by atoms with Crippen molar-refractivity contribution in [2.75, 3.05) is 0 Å². The van der Waals surface area contributed by atoms with Gasteiger partial charge in [-0.1, -0.05) is 29.8 Å². The quantitative estimate of drug-likeness (QED) is 0.827. The molecule has 0 radical (unpaired) electrons. The number of aromatic nitrogens is 2. The van der Waals surface area contributed by atoms with E-state index in [1.807, 2.05) is 4.57 Å². The van der Waals surface area contributed by atoms with Crippen LogP contribution in [0.4, 0.5) is 0 Å². The Morgan fingerprint density at radius 3 is 2.47 bits per heavy atom. The molecule has 0 spiro atoms. The molecule has 0 fully saturated rings. The summed E-state index contributed by atoms with van der Waals surface area (Å²) in [6.45, 7) is 4.11. The maximum absolute atomic E-state index is 11.1. The molecule has 1 unspecified atom stereocenters. The lowest BCUT2D eigenvalue weighted by atomic mass is 10.1. The topological polar surface area (TPSA) is 37.8 Å². The minimum atomic E-state index is -0.164. The summed E-state index contributed by atoms with van der Waals surface area (Å²) in [7, 11) is 0. The van der Waals surface area contributed by atoms with E-state index in [1.54, 1.807) is 6.20 Å². The molecule has 2 rings (SSSR count). The fourth-order valence-corrected chi connectivity index (χ4v) is 2.06. The zero-order valence-electron chi connectivity index (χ0n) is 9.81. The summed E-state index contributed by atoms with van der Waals surface area (Å²) in [5.74, 6) is 0. The summed E-state index contributed by atoms with van der Waals surface area (Å²) >= 11 is 5.15. The van der Waals surface area contributed by atoms with Gasteiger partial charge in [0.25, 0.3) is 5.56 Å². The summed E-state index contributed by atoms with van der Waals surface area (Å²) in [6, 6.07) is 9.89. The van der Waals surface area contributed by atoms with Gasteiger partial charge in [-0.3, -0.25) is 9.78 Å². The van der Waals surface area contributed by atoms with E-state index in [0.29, 0.717) is 4.77 Å². The number of hydrogen-bond acceptors (Lipinski definition) is 2. The maximum Gasteiger partial charge on any atom is 0.251 e. The van der Waals surface area contributed by atoms with Crippen LogP contribution in [0.3, 0.4) is 0 Å². The lowest BCUT2D eigenvalue weighted by Crippen LogP contribution is -2.15. The highest BCUT2D eigenvalue weighted by molar-refractivity contribution is 7.71. The summed E-state index contributed by atoms with van der Waals surface area (Å²) in [6.07, 6.45) is 1.73. The molecule has 0 amide bonds. The van der Waals surface area contributed by atoms with Gasteiger partial charge in [-0.05, 0) is 31.6 Å². The molecule has 3 nitrogen and oxygen atoms in total. The van der Waals surface area contributed by atoms with Gasteiger partial charge >= 0.3 is 0 Å². The van der Waals surface area contributed by atoms with Crippen molar-refractivity contribution in [3.8, 4) is 0 Å². The predicted octanol–water partition coefficient (Wildman–Crippen LogP) is 2.82. The Bertz CT molecular complexity index is 625. The van der Waals surface area contributed by atoms with Crippen molar-refractivity contribution in [3.63, 3.8) is 0 Å². The zero-order valence-corrected chi connectivity index (χ0v) is 10.6. The number of benzene rings is 1. The van der Waals surface area contributed by atoms with Crippen LogP contribution in [0.25, 0.3) is 0 Å². The molecule has 1 N–H and O–H groups in total. The molecule has 0 saturated heterocycles. The Hall–Kier alpha value is -1.68. The van der Waals surface area contributed by atoms with Crippen LogP contribution in [0.5, 0.6) is 0 Å². The van der Waals surface area contributed by atoms with Gasteiger partial charge in [0.15, 0.2) is 4.77 Å². The van der Waals surface area contributed by atoms with Crippen LogP contribution in [0, 0.1) is 11.7 Å². The summed E-state index contributed by atoms with van der Waals surface area (Å²) in [5, 5.41) is 0. The van der Waals surface area contributed by atoms with Gasteiger partial charge < -0.3 is 4.57 Å². The van der Waals surface area contributed by atoms with Crippen molar-refractivity contribution in [1.29, 1.82) is 0 Å². The smallest absolute Gasteiger partial charge is 0.251 e. The Kier molecular flexibility index (Phi) is 3.24. The van der Waals surface area contributed by atoms with Crippen molar-refractivity contribution in [2.24, 2.45) is 0 Å². The molecule has 0 aliphatic carbocycles. The molecule has 1 aromatic carbocycles. The Labute approximate surface area is 105 Å². The predicted molar refractivity (Wildman–Crippen MR) is 70.9 cm³/mol. The first-order valence-electron chi connectivity index (χ1n) is 5.46. The second kappa shape index (κ2) is 4.67. The van der Waals surface area contributed by atoms with Gasteiger partial charge in [0.1, 0.15) is 0 Å². The molecule has 0 aliphatic heterocycles. The zero-order chi connectivity index (χ0) is 12.4. The van der Waals surface area contributed by atoms with Crippen LogP contribution in [0.15, 0.2) is 41.3 Å². The third kappa shape index (κ3) is 2.53. The number of aromatic amines is 1.